The van der Waals surface area contributed by atoms with Crippen LogP contribution in [0.2, 0.25) is 0 Å². The van der Waals surface area contributed by atoms with Gasteiger partial charge in [-0.15, -0.1) is 24.0 Å². The quantitative estimate of drug-likeness (QED) is 0.379. The molecule has 0 aliphatic carbocycles. The van der Waals surface area contributed by atoms with E-state index < -0.39 is 0 Å². The van der Waals surface area contributed by atoms with Gasteiger partial charge in [0, 0.05) is 19.5 Å². The molecule has 0 atom stereocenters. The van der Waals surface area contributed by atoms with Crippen LogP contribution in [0.4, 0.5) is 0 Å². The first-order valence-electron chi connectivity index (χ1n) is 8.12. The minimum atomic E-state index is 0. The SMILES string of the molecule is CCCCCCCCCCCCN1CCCC1=O.I.N. The number of amides is 1. The molecular formula is C16H35IN2O. The molecular weight excluding hydrogens is 363 g/mol. The van der Waals surface area contributed by atoms with Gasteiger partial charge in [0.05, 0.1) is 0 Å². The molecule has 1 amide bonds. The summed E-state index contributed by atoms with van der Waals surface area (Å²) >= 11 is 0. The number of likely N-dealkylation sites (tertiary alicyclic amines) is 1. The first kappa shape index (κ1) is 22.4. The van der Waals surface area contributed by atoms with E-state index in [9.17, 15) is 4.79 Å². The maximum Gasteiger partial charge on any atom is 0.222 e. The van der Waals surface area contributed by atoms with E-state index in [0.29, 0.717) is 5.91 Å². The molecule has 1 fully saturated rings. The summed E-state index contributed by atoms with van der Waals surface area (Å²) in [6.45, 7) is 4.29. The van der Waals surface area contributed by atoms with Crippen LogP contribution in [0.3, 0.4) is 0 Å². The highest BCUT2D eigenvalue weighted by atomic mass is 127. The zero-order chi connectivity index (χ0) is 13.1. The van der Waals surface area contributed by atoms with Crippen molar-refractivity contribution >= 4 is 29.9 Å². The molecule has 122 valence electrons. The molecule has 0 saturated carbocycles. The molecule has 0 radical (unpaired) electrons. The average Bonchev–Trinajstić information content (AvgIpc) is 2.77. The van der Waals surface area contributed by atoms with Gasteiger partial charge in [-0.2, -0.15) is 0 Å². The van der Waals surface area contributed by atoms with Crippen LogP contribution in [-0.2, 0) is 4.79 Å². The lowest BCUT2D eigenvalue weighted by Gasteiger charge is -2.14. The van der Waals surface area contributed by atoms with Crippen LogP contribution in [0.5, 0.6) is 0 Å². The maximum absolute atomic E-state index is 11.4. The van der Waals surface area contributed by atoms with Crippen molar-refractivity contribution in [3.63, 3.8) is 0 Å². The van der Waals surface area contributed by atoms with Gasteiger partial charge in [-0.3, -0.25) is 4.79 Å². The summed E-state index contributed by atoms with van der Waals surface area (Å²) in [5, 5.41) is 0. The largest absolute Gasteiger partial charge is 0.344 e. The van der Waals surface area contributed by atoms with E-state index in [2.05, 4.69) is 6.92 Å². The molecule has 1 aliphatic rings. The molecule has 0 spiro atoms. The molecule has 0 aromatic rings. The Labute approximate surface area is 142 Å². The number of unbranched alkanes of at least 4 members (excludes halogenated alkanes) is 9. The third kappa shape index (κ3) is 10.9. The summed E-state index contributed by atoms with van der Waals surface area (Å²) < 4.78 is 0. The highest BCUT2D eigenvalue weighted by molar-refractivity contribution is 14.0. The number of rotatable bonds is 11. The fourth-order valence-corrected chi connectivity index (χ4v) is 2.73. The van der Waals surface area contributed by atoms with Crippen LogP contribution in [0.25, 0.3) is 0 Å². The number of nitrogens with zero attached hydrogens (tertiary/aromatic N) is 1. The van der Waals surface area contributed by atoms with Crippen LogP contribution in [0.15, 0.2) is 0 Å². The lowest BCUT2D eigenvalue weighted by molar-refractivity contribution is -0.127. The minimum absolute atomic E-state index is 0. The lowest BCUT2D eigenvalue weighted by Crippen LogP contribution is -2.25. The highest BCUT2D eigenvalue weighted by Gasteiger charge is 2.18. The average molecular weight is 398 g/mol. The third-order valence-corrected chi connectivity index (χ3v) is 3.95. The van der Waals surface area contributed by atoms with Crippen molar-refractivity contribution in [1.29, 1.82) is 0 Å². The van der Waals surface area contributed by atoms with E-state index >= 15 is 0 Å². The minimum Gasteiger partial charge on any atom is -0.344 e. The molecule has 1 rings (SSSR count). The zero-order valence-electron chi connectivity index (χ0n) is 13.4. The van der Waals surface area contributed by atoms with Crippen molar-refractivity contribution in [2.24, 2.45) is 0 Å². The van der Waals surface area contributed by atoms with E-state index in [4.69, 9.17) is 0 Å². The van der Waals surface area contributed by atoms with Crippen LogP contribution >= 0.6 is 24.0 Å². The molecule has 1 saturated heterocycles. The van der Waals surface area contributed by atoms with E-state index in [1.54, 1.807) is 0 Å². The summed E-state index contributed by atoms with van der Waals surface area (Å²) in [5.74, 6) is 0.380. The number of hydrogen-bond donors (Lipinski definition) is 1. The van der Waals surface area contributed by atoms with Crippen LogP contribution in [0, 0.1) is 0 Å². The van der Waals surface area contributed by atoms with E-state index in [1.165, 1.54) is 64.2 Å². The molecule has 0 unspecified atom stereocenters. The van der Waals surface area contributed by atoms with Gasteiger partial charge < -0.3 is 11.1 Å². The van der Waals surface area contributed by atoms with E-state index in [0.717, 1.165) is 25.9 Å². The van der Waals surface area contributed by atoms with Crippen molar-refractivity contribution in [2.45, 2.75) is 84.0 Å². The van der Waals surface area contributed by atoms with Crippen LogP contribution in [-0.4, -0.2) is 23.9 Å². The first-order valence-corrected chi connectivity index (χ1v) is 8.12. The Morgan fingerprint density at radius 3 is 1.85 bits per heavy atom. The van der Waals surface area contributed by atoms with E-state index in [-0.39, 0.29) is 30.1 Å². The summed E-state index contributed by atoms with van der Waals surface area (Å²) in [5.41, 5.74) is 0. The normalized spacial score (nSPS) is 14.1. The Balaban J connectivity index is 0. The van der Waals surface area contributed by atoms with Gasteiger partial charge in [-0.1, -0.05) is 64.7 Å². The summed E-state index contributed by atoms with van der Waals surface area (Å²) in [6.07, 6.45) is 15.6. The summed E-state index contributed by atoms with van der Waals surface area (Å²) in [6, 6.07) is 0. The lowest BCUT2D eigenvalue weighted by atomic mass is 10.1. The number of hydrogen-bond acceptors (Lipinski definition) is 2. The fourth-order valence-electron chi connectivity index (χ4n) is 2.73. The molecule has 0 bridgehead atoms. The topological polar surface area (TPSA) is 55.3 Å². The van der Waals surface area contributed by atoms with Gasteiger partial charge in [0.1, 0.15) is 0 Å². The number of carbonyl (C=O) groups is 1. The second-order valence-electron chi connectivity index (χ2n) is 5.67. The Bertz CT molecular complexity index is 225. The van der Waals surface area contributed by atoms with Crippen molar-refractivity contribution in [3.8, 4) is 0 Å². The van der Waals surface area contributed by atoms with Gasteiger partial charge in [0.15, 0.2) is 0 Å². The molecule has 0 aromatic carbocycles. The fraction of sp³-hybridized carbons (Fsp3) is 0.938. The number of carbonyl (C=O) groups excluding carboxylic acids is 1. The maximum atomic E-state index is 11.4. The monoisotopic (exact) mass is 398 g/mol. The van der Waals surface area contributed by atoms with Crippen molar-refractivity contribution in [3.05, 3.63) is 0 Å². The molecule has 0 aromatic heterocycles. The summed E-state index contributed by atoms with van der Waals surface area (Å²) in [4.78, 5) is 13.4. The first-order chi connectivity index (χ1) is 8.84. The summed E-state index contributed by atoms with van der Waals surface area (Å²) in [7, 11) is 0. The molecule has 3 nitrogen and oxygen atoms in total. The van der Waals surface area contributed by atoms with Gasteiger partial charge in [-0.25, -0.2) is 0 Å². The second kappa shape index (κ2) is 15.5. The Morgan fingerprint density at radius 2 is 1.40 bits per heavy atom. The van der Waals surface area contributed by atoms with Gasteiger partial charge in [0.25, 0.3) is 0 Å². The van der Waals surface area contributed by atoms with Crippen molar-refractivity contribution < 1.29 is 4.79 Å². The Hall–Kier alpha value is 0.160. The van der Waals surface area contributed by atoms with Crippen LogP contribution < -0.4 is 6.15 Å². The molecule has 4 heteroatoms. The molecule has 1 heterocycles. The molecule has 1 aliphatic heterocycles. The van der Waals surface area contributed by atoms with Gasteiger partial charge in [0.2, 0.25) is 5.91 Å². The smallest absolute Gasteiger partial charge is 0.222 e. The predicted octanol–water partition coefficient (Wildman–Crippen LogP) is 5.31. The highest BCUT2D eigenvalue weighted by Crippen LogP contribution is 2.13. The zero-order valence-corrected chi connectivity index (χ0v) is 15.7. The molecule has 3 N–H and O–H groups in total. The Kier molecular flexibility index (Phi) is 17.4. The second-order valence-corrected chi connectivity index (χ2v) is 5.67. The van der Waals surface area contributed by atoms with Gasteiger partial charge >= 0.3 is 0 Å². The van der Waals surface area contributed by atoms with Gasteiger partial charge in [-0.05, 0) is 12.8 Å². The third-order valence-electron chi connectivity index (χ3n) is 3.95. The molecule has 20 heavy (non-hydrogen) atoms. The Morgan fingerprint density at radius 1 is 0.900 bits per heavy atom. The van der Waals surface area contributed by atoms with Crippen molar-refractivity contribution in [1.82, 2.24) is 11.1 Å². The van der Waals surface area contributed by atoms with Crippen LogP contribution in [0.1, 0.15) is 84.0 Å². The standard InChI is InChI=1S/C16H31NO.HI.H3N/c1-2-3-4-5-6-7-8-9-10-11-14-17-15-12-13-16(17)18;;/h2-15H2,1H3;1H;1H3. The predicted molar refractivity (Wildman–Crippen MR) is 98.1 cm³/mol. The van der Waals surface area contributed by atoms with Crippen molar-refractivity contribution in [2.75, 3.05) is 13.1 Å². The van der Waals surface area contributed by atoms with E-state index in [1.807, 2.05) is 4.90 Å². The number of halogens is 1.